The smallest absolute Gasteiger partial charge is 0.124 e. The predicted molar refractivity (Wildman–Crippen MR) is 65.0 cm³/mol. The summed E-state index contributed by atoms with van der Waals surface area (Å²) in [4.78, 5) is 0. The molecule has 0 N–H and O–H groups in total. The van der Waals surface area contributed by atoms with E-state index in [1.807, 2.05) is 6.07 Å². The van der Waals surface area contributed by atoms with Crippen LogP contribution in [0, 0.1) is 0 Å². The third-order valence-electron chi connectivity index (χ3n) is 3.24. The normalized spacial score (nSPS) is 22.0. The second-order valence-electron chi connectivity index (χ2n) is 4.45. The van der Waals surface area contributed by atoms with Crippen LogP contribution in [0.4, 0.5) is 0 Å². The van der Waals surface area contributed by atoms with Crippen molar-refractivity contribution in [2.45, 2.75) is 38.7 Å². The van der Waals surface area contributed by atoms with Crippen LogP contribution in [0.3, 0.4) is 0 Å². The molecule has 0 bridgehead atoms. The lowest BCUT2D eigenvalue weighted by atomic mass is 9.98. The molecule has 1 aromatic rings. The Kier molecular flexibility index (Phi) is 3.83. The van der Waals surface area contributed by atoms with Crippen molar-refractivity contribution in [3.05, 3.63) is 29.8 Å². The van der Waals surface area contributed by atoms with Crippen LogP contribution in [0.2, 0.25) is 0 Å². The van der Waals surface area contributed by atoms with Crippen molar-refractivity contribution in [1.29, 1.82) is 0 Å². The van der Waals surface area contributed by atoms with Gasteiger partial charge in [-0.3, -0.25) is 0 Å². The Morgan fingerprint density at radius 3 is 2.94 bits per heavy atom. The number of ether oxygens (including phenoxy) is 2. The summed E-state index contributed by atoms with van der Waals surface area (Å²) < 4.78 is 11.3. The first-order valence-electron chi connectivity index (χ1n) is 6.14. The fourth-order valence-electron chi connectivity index (χ4n) is 2.00. The predicted octanol–water partition coefficient (Wildman–Crippen LogP) is 3.37. The van der Waals surface area contributed by atoms with E-state index in [2.05, 4.69) is 32.0 Å². The maximum Gasteiger partial charge on any atom is 0.124 e. The first kappa shape index (κ1) is 11.5. The Hall–Kier alpha value is -1.02. The van der Waals surface area contributed by atoms with Crippen LogP contribution >= 0.6 is 0 Å². The summed E-state index contributed by atoms with van der Waals surface area (Å²) in [6.45, 7) is 6.01. The summed E-state index contributed by atoms with van der Waals surface area (Å²) >= 11 is 0. The van der Waals surface area contributed by atoms with E-state index in [0.717, 1.165) is 31.8 Å². The molecule has 2 nitrogen and oxygen atoms in total. The average molecular weight is 220 g/mol. The highest BCUT2D eigenvalue weighted by atomic mass is 16.5. The molecule has 0 spiro atoms. The number of hydrogen-bond acceptors (Lipinski definition) is 2. The molecule has 0 radical (unpaired) electrons. The Morgan fingerprint density at radius 1 is 1.44 bits per heavy atom. The van der Waals surface area contributed by atoms with Crippen LogP contribution in [-0.4, -0.2) is 19.3 Å². The Balaban J connectivity index is 2.12. The lowest BCUT2D eigenvalue weighted by Crippen LogP contribution is -2.16. The molecular weight excluding hydrogens is 200 g/mol. The zero-order chi connectivity index (χ0) is 11.4. The summed E-state index contributed by atoms with van der Waals surface area (Å²) in [5, 5.41) is 0. The van der Waals surface area contributed by atoms with Gasteiger partial charge in [-0.25, -0.2) is 0 Å². The molecule has 16 heavy (non-hydrogen) atoms. The first-order valence-corrected chi connectivity index (χ1v) is 6.14. The van der Waals surface area contributed by atoms with Gasteiger partial charge in [0.05, 0.1) is 13.2 Å². The second-order valence-corrected chi connectivity index (χ2v) is 4.45. The molecule has 1 aliphatic heterocycles. The molecule has 0 amide bonds. The van der Waals surface area contributed by atoms with Crippen molar-refractivity contribution in [2.75, 3.05) is 13.2 Å². The van der Waals surface area contributed by atoms with Crippen LogP contribution in [0.25, 0.3) is 0 Å². The van der Waals surface area contributed by atoms with E-state index in [-0.39, 0.29) is 6.10 Å². The van der Waals surface area contributed by atoms with Crippen molar-refractivity contribution < 1.29 is 9.47 Å². The Bertz CT molecular complexity index is 329. The molecular formula is C14H20O2. The van der Waals surface area contributed by atoms with Gasteiger partial charge in [-0.2, -0.15) is 0 Å². The van der Waals surface area contributed by atoms with Crippen LogP contribution in [0.5, 0.6) is 5.75 Å². The van der Waals surface area contributed by atoms with Gasteiger partial charge < -0.3 is 9.47 Å². The minimum atomic E-state index is 0.241. The van der Waals surface area contributed by atoms with Crippen molar-refractivity contribution in [3.8, 4) is 5.75 Å². The van der Waals surface area contributed by atoms with E-state index in [0.29, 0.717) is 5.92 Å². The molecule has 1 fully saturated rings. The second kappa shape index (κ2) is 5.35. The van der Waals surface area contributed by atoms with Crippen LogP contribution in [0.1, 0.15) is 38.2 Å². The molecule has 0 aromatic heterocycles. The van der Waals surface area contributed by atoms with Gasteiger partial charge in [-0.15, -0.1) is 0 Å². The van der Waals surface area contributed by atoms with Gasteiger partial charge in [-0.05, 0) is 24.0 Å². The van der Waals surface area contributed by atoms with E-state index in [4.69, 9.17) is 9.47 Å². The topological polar surface area (TPSA) is 18.5 Å². The van der Waals surface area contributed by atoms with Gasteiger partial charge in [0, 0.05) is 6.42 Å². The quantitative estimate of drug-likeness (QED) is 0.774. The van der Waals surface area contributed by atoms with Gasteiger partial charge in [0.15, 0.2) is 0 Å². The molecule has 2 heteroatoms. The van der Waals surface area contributed by atoms with Crippen LogP contribution in [0.15, 0.2) is 24.3 Å². The summed E-state index contributed by atoms with van der Waals surface area (Å²) in [7, 11) is 0. The molecule has 1 aromatic carbocycles. The molecule has 2 atom stereocenters. The first-order chi connectivity index (χ1) is 7.81. The summed E-state index contributed by atoms with van der Waals surface area (Å²) in [5.74, 6) is 1.59. The largest absolute Gasteiger partial charge is 0.488 e. The van der Waals surface area contributed by atoms with E-state index < -0.39 is 0 Å². The number of para-hydroxylation sites is 1. The fourth-order valence-corrected chi connectivity index (χ4v) is 2.00. The molecule has 1 aliphatic rings. The summed E-state index contributed by atoms with van der Waals surface area (Å²) in [6, 6.07) is 8.36. The molecule has 0 saturated carbocycles. The zero-order valence-corrected chi connectivity index (χ0v) is 10.1. The Labute approximate surface area is 97.6 Å². The molecule has 2 rings (SSSR count). The molecule has 2 unspecified atom stereocenters. The fraction of sp³-hybridized carbons (Fsp3) is 0.571. The minimum absolute atomic E-state index is 0.241. The van der Waals surface area contributed by atoms with E-state index in [1.165, 1.54) is 5.56 Å². The standard InChI is InChI=1S/C14H20O2/c1-3-11(2)13-6-4-5-7-14(13)16-12-8-9-15-10-12/h4-7,11-12H,3,8-10H2,1-2H3. The van der Waals surface area contributed by atoms with Gasteiger partial charge in [0.1, 0.15) is 11.9 Å². The monoisotopic (exact) mass is 220 g/mol. The van der Waals surface area contributed by atoms with Crippen LogP contribution < -0.4 is 4.74 Å². The zero-order valence-electron chi connectivity index (χ0n) is 10.1. The number of hydrogen-bond donors (Lipinski definition) is 0. The van der Waals surface area contributed by atoms with E-state index >= 15 is 0 Å². The van der Waals surface area contributed by atoms with Crippen molar-refractivity contribution >= 4 is 0 Å². The Morgan fingerprint density at radius 2 is 2.25 bits per heavy atom. The average Bonchev–Trinajstić information content (AvgIpc) is 2.82. The summed E-state index contributed by atoms with van der Waals surface area (Å²) in [5.41, 5.74) is 1.32. The third kappa shape index (κ3) is 2.56. The lowest BCUT2D eigenvalue weighted by Gasteiger charge is -2.18. The molecule has 1 heterocycles. The minimum Gasteiger partial charge on any atom is -0.488 e. The van der Waals surface area contributed by atoms with Crippen molar-refractivity contribution in [2.24, 2.45) is 0 Å². The maximum absolute atomic E-state index is 6.00. The van der Waals surface area contributed by atoms with Crippen molar-refractivity contribution in [3.63, 3.8) is 0 Å². The highest BCUT2D eigenvalue weighted by Gasteiger charge is 2.19. The molecule has 0 aliphatic carbocycles. The lowest BCUT2D eigenvalue weighted by molar-refractivity contribution is 0.140. The highest BCUT2D eigenvalue weighted by molar-refractivity contribution is 5.36. The molecule has 1 saturated heterocycles. The molecule has 88 valence electrons. The van der Waals surface area contributed by atoms with Gasteiger partial charge in [0.2, 0.25) is 0 Å². The third-order valence-corrected chi connectivity index (χ3v) is 3.24. The van der Waals surface area contributed by atoms with Gasteiger partial charge >= 0.3 is 0 Å². The van der Waals surface area contributed by atoms with E-state index in [9.17, 15) is 0 Å². The van der Waals surface area contributed by atoms with E-state index in [1.54, 1.807) is 0 Å². The van der Waals surface area contributed by atoms with Gasteiger partial charge in [0.25, 0.3) is 0 Å². The SMILES string of the molecule is CCC(C)c1ccccc1OC1CCOC1. The summed E-state index contributed by atoms with van der Waals surface area (Å²) in [6.07, 6.45) is 2.39. The highest BCUT2D eigenvalue weighted by Crippen LogP contribution is 2.29. The maximum atomic E-state index is 6.00. The van der Waals surface area contributed by atoms with Gasteiger partial charge in [-0.1, -0.05) is 32.0 Å². The van der Waals surface area contributed by atoms with Crippen LogP contribution in [-0.2, 0) is 4.74 Å². The van der Waals surface area contributed by atoms with Crippen molar-refractivity contribution in [1.82, 2.24) is 0 Å². The number of rotatable bonds is 4. The number of benzene rings is 1.